The highest BCUT2D eigenvalue weighted by molar-refractivity contribution is 7.34. The summed E-state index contributed by atoms with van der Waals surface area (Å²) < 4.78 is 9.09. The van der Waals surface area contributed by atoms with Gasteiger partial charge in [-0.2, -0.15) is 11.3 Å². The maximum absolute atomic E-state index is 11.6. The van der Waals surface area contributed by atoms with Crippen molar-refractivity contribution in [1.82, 2.24) is 0 Å². The van der Waals surface area contributed by atoms with E-state index >= 15 is 0 Å². The van der Waals surface area contributed by atoms with Crippen molar-refractivity contribution in [2.75, 3.05) is 0 Å². The molecule has 2 heterocycles. The van der Waals surface area contributed by atoms with E-state index in [1.54, 1.807) is 53.4 Å². The Labute approximate surface area is 156 Å². The van der Waals surface area contributed by atoms with Crippen molar-refractivity contribution in [3.8, 4) is 0 Å². The molecule has 0 unspecified atom stereocenters. The van der Waals surface area contributed by atoms with Crippen molar-refractivity contribution in [3.05, 3.63) is 23.8 Å². The van der Waals surface area contributed by atoms with Gasteiger partial charge in [-0.25, -0.2) is 4.79 Å². The third-order valence-corrected chi connectivity index (χ3v) is 6.71. The maximum Gasteiger partial charge on any atom is 0.341 e. The zero-order valence-corrected chi connectivity index (χ0v) is 16.0. The molecule has 0 amide bonds. The van der Waals surface area contributed by atoms with Crippen LogP contribution < -0.4 is 9.55 Å². The Hall–Kier alpha value is -1.34. The summed E-state index contributed by atoms with van der Waals surface area (Å²) in [7, 11) is 7.47. The highest BCUT2D eigenvalue weighted by Crippen LogP contribution is 2.34. The molecule has 0 saturated carbocycles. The van der Waals surface area contributed by atoms with Crippen LogP contribution >= 0.6 is 22.7 Å². The smallest absolute Gasteiger partial charge is 0.341 e. The molecule has 0 saturated heterocycles. The predicted octanol–water partition coefficient (Wildman–Crippen LogP) is 2.42. The van der Waals surface area contributed by atoms with E-state index in [0.29, 0.717) is 10.2 Å². The summed E-state index contributed by atoms with van der Waals surface area (Å²) in [6.07, 6.45) is 0. The molecule has 0 aliphatic heterocycles. The van der Waals surface area contributed by atoms with Crippen LogP contribution in [-0.2, 0) is 4.65 Å². The van der Waals surface area contributed by atoms with Crippen molar-refractivity contribution < 1.29 is 19.7 Å². The van der Waals surface area contributed by atoms with Gasteiger partial charge in [-0.05, 0) is 50.0 Å². The fourth-order valence-electron chi connectivity index (χ4n) is 2.31. The number of fused-ring (bicyclic) bond motifs is 3. The molecule has 25 heavy (non-hydrogen) atoms. The molecule has 0 atom stereocenters. The first kappa shape index (κ1) is 18.5. The number of rotatable bonds is 5. The molecule has 0 aliphatic rings. The fourth-order valence-corrected chi connectivity index (χ4v) is 4.41. The molecular formula is C17H17B2O4S2. The van der Waals surface area contributed by atoms with Gasteiger partial charge in [-0.15, -0.1) is 11.3 Å². The van der Waals surface area contributed by atoms with Gasteiger partial charge in [-0.3, -0.25) is 0 Å². The second-order valence-corrected chi connectivity index (χ2v) is 9.16. The lowest BCUT2D eigenvalue weighted by Gasteiger charge is -2.37. The van der Waals surface area contributed by atoms with Gasteiger partial charge in [0.15, 0.2) is 0 Å². The number of aliphatic hydroxyl groups is 1. The van der Waals surface area contributed by atoms with Gasteiger partial charge in [0.05, 0.1) is 26.2 Å². The molecular weight excluding hydrogens is 354 g/mol. The first-order valence-corrected chi connectivity index (χ1v) is 9.35. The predicted molar refractivity (Wildman–Crippen MR) is 106 cm³/mol. The molecule has 127 valence electrons. The monoisotopic (exact) mass is 371 g/mol. The third kappa shape index (κ3) is 3.36. The number of hydrogen-bond donors (Lipinski definition) is 2. The van der Waals surface area contributed by atoms with Crippen molar-refractivity contribution >= 4 is 73.7 Å². The lowest BCUT2D eigenvalue weighted by molar-refractivity contribution is -0.0892. The van der Waals surface area contributed by atoms with E-state index in [1.165, 1.54) is 22.7 Å². The zero-order chi connectivity index (χ0) is 18.6. The van der Waals surface area contributed by atoms with Gasteiger partial charge in [-0.1, -0.05) is 6.07 Å². The van der Waals surface area contributed by atoms with E-state index in [9.17, 15) is 15.0 Å². The van der Waals surface area contributed by atoms with E-state index in [4.69, 9.17) is 12.5 Å². The van der Waals surface area contributed by atoms with Crippen molar-refractivity contribution in [2.24, 2.45) is 0 Å². The van der Waals surface area contributed by atoms with Crippen molar-refractivity contribution in [3.63, 3.8) is 0 Å². The van der Waals surface area contributed by atoms with Gasteiger partial charge >= 0.3 is 13.5 Å². The summed E-state index contributed by atoms with van der Waals surface area (Å²) in [4.78, 5) is 11.6. The largest absolute Gasteiger partial charge is 0.478 e. The fraction of sp³-hybridized carbons (Fsp3) is 0.353. The van der Waals surface area contributed by atoms with Crippen LogP contribution in [-0.4, -0.2) is 42.7 Å². The highest BCUT2D eigenvalue weighted by Gasteiger charge is 2.36. The molecule has 3 aromatic rings. The van der Waals surface area contributed by atoms with Gasteiger partial charge in [0.2, 0.25) is 0 Å². The molecule has 3 radical (unpaired) electrons. The lowest BCUT2D eigenvalue weighted by atomic mass is 9.86. The van der Waals surface area contributed by atoms with Crippen LogP contribution in [0.25, 0.3) is 20.2 Å². The molecule has 4 nitrogen and oxygen atoms in total. The lowest BCUT2D eigenvalue weighted by Crippen LogP contribution is -2.49. The number of hydrogen-bond acceptors (Lipinski definition) is 5. The number of benzene rings is 1. The number of carbonyl (C=O) groups is 1. The van der Waals surface area contributed by atoms with Crippen LogP contribution in [0.1, 0.15) is 38.1 Å². The first-order chi connectivity index (χ1) is 11.5. The van der Waals surface area contributed by atoms with Crippen LogP contribution in [0, 0.1) is 0 Å². The summed E-state index contributed by atoms with van der Waals surface area (Å²) in [5.74, 6) is -0.973. The molecule has 0 fully saturated rings. The Balaban J connectivity index is 2.06. The van der Waals surface area contributed by atoms with Crippen LogP contribution in [0.15, 0.2) is 18.2 Å². The van der Waals surface area contributed by atoms with Gasteiger partial charge in [0, 0.05) is 10.2 Å². The topological polar surface area (TPSA) is 66.8 Å². The molecule has 2 N–H and O–H groups in total. The number of carboxylic acids is 1. The molecule has 3 rings (SSSR count). The normalized spacial score (nSPS) is 12.8. The molecule has 1 aromatic carbocycles. The van der Waals surface area contributed by atoms with E-state index in [-0.39, 0.29) is 5.56 Å². The minimum atomic E-state index is -1.03. The average Bonchev–Trinajstić information content (AvgIpc) is 3.04. The van der Waals surface area contributed by atoms with Gasteiger partial charge in [0.25, 0.3) is 0 Å². The Kier molecular flexibility index (Phi) is 4.52. The Morgan fingerprint density at radius 2 is 1.84 bits per heavy atom. The maximum atomic E-state index is 11.6. The van der Waals surface area contributed by atoms with Crippen LogP contribution in [0.4, 0.5) is 0 Å². The summed E-state index contributed by atoms with van der Waals surface area (Å²) in [6, 6.07) is 5.26. The van der Waals surface area contributed by atoms with Crippen LogP contribution in [0.2, 0.25) is 0 Å². The van der Waals surface area contributed by atoms with Gasteiger partial charge in [0.1, 0.15) is 7.85 Å². The number of aromatic carboxylic acids is 1. The second-order valence-electron chi connectivity index (χ2n) is 6.99. The number of carboxylic acid groups (broad SMARTS) is 1. The summed E-state index contributed by atoms with van der Waals surface area (Å²) in [5, 5.41) is 21.2. The summed E-state index contributed by atoms with van der Waals surface area (Å²) in [5.41, 5.74) is -1.57. The highest BCUT2D eigenvalue weighted by atomic mass is 32.1. The quantitative estimate of drug-likeness (QED) is 0.677. The summed E-state index contributed by atoms with van der Waals surface area (Å²) >= 11 is 2.90. The summed E-state index contributed by atoms with van der Waals surface area (Å²) in [6.45, 7) is 6.98. The number of thiophene rings is 2. The first-order valence-electron chi connectivity index (χ1n) is 7.72. The van der Waals surface area contributed by atoms with E-state index in [1.807, 2.05) is 0 Å². The van der Waals surface area contributed by atoms with Crippen LogP contribution in [0.5, 0.6) is 0 Å². The minimum absolute atomic E-state index is 0.248. The SMILES string of the molecule is [B]c1cc2cc(C(=O)O)c3cc([B]OC(C)(C)C(C)(C)O)sc3c2s1. The molecule has 8 heteroatoms. The van der Waals surface area contributed by atoms with E-state index in [0.717, 1.165) is 19.6 Å². The van der Waals surface area contributed by atoms with E-state index < -0.39 is 17.2 Å². The molecule has 0 bridgehead atoms. The molecule has 0 aliphatic carbocycles. The minimum Gasteiger partial charge on any atom is -0.478 e. The van der Waals surface area contributed by atoms with E-state index in [2.05, 4.69) is 0 Å². The molecule has 0 spiro atoms. The Bertz CT molecular complexity index is 966. The average molecular weight is 371 g/mol. The third-order valence-electron chi connectivity index (χ3n) is 4.50. The van der Waals surface area contributed by atoms with Crippen LogP contribution in [0.3, 0.4) is 0 Å². The molecule has 2 aromatic heterocycles. The zero-order valence-electron chi connectivity index (χ0n) is 14.4. The van der Waals surface area contributed by atoms with Crippen molar-refractivity contribution in [2.45, 2.75) is 38.9 Å². The van der Waals surface area contributed by atoms with Crippen molar-refractivity contribution in [1.29, 1.82) is 0 Å². The standard InChI is InChI=1S/C17H17B2O4S2/c1-16(2,22)17(3,4)23-19-12-7-9-10(15(20)21)5-8-6-11(18)24-13(8)14(9)25-12/h5-7,22H,1-4H3,(H,20,21). The Morgan fingerprint density at radius 1 is 1.16 bits per heavy atom. The van der Waals surface area contributed by atoms with Gasteiger partial charge < -0.3 is 14.9 Å². The second kappa shape index (κ2) is 6.13. The Morgan fingerprint density at radius 3 is 2.44 bits per heavy atom.